The molecule has 32 heavy (non-hydrogen) atoms. The van der Waals surface area contributed by atoms with E-state index in [-0.39, 0.29) is 11.7 Å². The van der Waals surface area contributed by atoms with E-state index < -0.39 is 0 Å². The van der Waals surface area contributed by atoms with Gasteiger partial charge in [0.15, 0.2) is 11.7 Å². The fraction of sp³-hybridized carbons (Fsp3) is 0.304. The number of anilines is 2. The maximum Gasteiger partial charge on any atom is 0.291 e. The van der Waals surface area contributed by atoms with Gasteiger partial charge >= 0.3 is 0 Å². The molecule has 4 rings (SSSR count). The van der Waals surface area contributed by atoms with Crippen molar-refractivity contribution < 1.29 is 9.21 Å². The van der Waals surface area contributed by atoms with E-state index in [1.165, 1.54) is 6.26 Å². The summed E-state index contributed by atoms with van der Waals surface area (Å²) in [6, 6.07) is 12.8. The molecule has 1 aromatic carbocycles. The Morgan fingerprint density at radius 2 is 1.91 bits per heavy atom. The van der Waals surface area contributed by atoms with Crippen molar-refractivity contribution in [2.75, 3.05) is 42.9 Å². The lowest BCUT2D eigenvalue weighted by molar-refractivity contribution is 0.0996. The fourth-order valence-corrected chi connectivity index (χ4v) is 3.51. The van der Waals surface area contributed by atoms with E-state index in [9.17, 15) is 4.79 Å². The van der Waals surface area contributed by atoms with Crippen LogP contribution in [0, 0.1) is 0 Å². The summed E-state index contributed by atoms with van der Waals surface area (Å²) >= 11 is 0. The Bertz CT molecular complexity index is 1030. The van der Waals surface area contributed by atoms with Crippen LogP contribution in [0.4, 0.5) is 11.6 Å². The van der Waals surface area contributed by atoms with E-state index in [2.05, 4.69) is 37.3 Å². The number of aromatic nitrogens is 2. The molecule has 1 aliphatic heterocycles. The summed E-state index contributed by atoms with van der Waals surface area (Å²) in [5.41, 5.74) is 1.72. The minimum atomic E-state index is -0.274. The summed E-state index contributed by atoms with van der Waals surface area (Å²) in [7, 11) is 0. The third-order valence-corrected chi connectivity index (χ3v) is 5.09. The van der Waals surface area contributed by atoms with E-state index in [0.29, 0.717) is 12.2 Å². The molecule has 9 heteroatoms. The number of rotatable bonds is 6. The average molecular weight is 434 g/mol. The number of furan rings is 1. The molecule has 2 aromatic heterocycles. The zero-order chi connectivity index (χ0) is 22.2. The van der Waals surface area contributed by atoms with Gasteiger partial charge in [-0.2, -0.15) is 0 Å². The van der Waals surface area contributed by atoms with Gasteiger partial charge in [0.2, 0.25) is 5.95 Å². The molecule has 1 saturated heterocycles. The standard InChI is InChI=1S/C23H27N7O2/c1-2-24-22(29-11-13-30(14-12-29)23-25-9-5-10-26-23)27-17-18-6-3-7-19(16-18)28-21(31)20-8-4-15-32-20/h3-10,15-16H,2,11-14,17H2,1H3,(H,24,27)(H,28,31). The van der Waals surface area contributed by atoms with Crippen LogP contribution in [0.2, 0.25) is 0 Å². The van der Waals surface area contributed by atoms with Crippen LogP contribution in [0.15, 0.2) is 70.5 Å². The van der Waals surface area contributed by atoms with Crippen molar-refractivity contribution in [3.8, 4) is 0 Å². The lowest BCUT2D eigenvalue weighted by Crippen LogP contribution is -2.52. The summed E-state index contributed by atoms with van der Waals surface area (Å²) in [6.07, 6.45) is 5.02. The molecule has 0 bridgehead atoms. The molecule has 0 aliphatic carbocycles. The van der Waals surface area contributed by atoms with E-state index in [1.54, 1.807) is 24.5 Å². The Hall–Kier alpha value is -3.88. The Kier molecular flexibility index (Phi) is 6.96. The molecule has 166 valence electrons. The molecule has 3 aromatic rings. The van der Waals surface area contributed by atoms with Crippen LogP contribution >= 0.6 is 0 Å². The Labute approximate surface area is 187 Å². The number of benzene rings is 1. The SMILES string of the molecule is CCNC(=NCc1cccc(NC(=O)c2ccco2)c1)N1CCN(c2ncccn2)CC1. The summed E-state index contributed by atoms with van der Waals surface area (Å²) in [4.78, 5) is 30.2. The topological polar surface area (TPSA) is 98.9 Å². The van der Waals surface area contributed by atoms with E-state index in [0.717, 1.165) is 50.2 Å². The zero-order valence-corrected chi connectivity index (χ0v) is 18.1. The Morgan fingerprint density at radius 1 is 1.09 bits per heavy atom. The summed E-state index contributed by atoms with van der Waals surface area (Å²) < 4.78 is 5.15. The highest BCUT2D eigenvalue weighted by Gasteiger charge is 2.21. The predicted molar refractivity (Wildman–Crippen MR) is 124 cm³/mol. The second-order valence-electron chi connectivity index (χ2n) is 7.32. The highest BCUT2D eigenvalue weighted by molar-refractivity contribution is 6.02. The number of aliphatic imine (C=N–C) groups is 1. The van der Waals surface area contributed by atoms with Crippen LogP contribution in [-0.2, 0) is 6.54 Å². The van der Waals surface area contributed by atoms with Crippen molar-refractivity contribution in [1.29, 1.82) is 0 Å². The van der Waals surface area contributed by atoms with Crippen LogP contribution in [0.5, 0.6) is 0 Å². The average Bonchev–Trinajstić information content (AvgIpc) is 3.38. The van der Waals surface area contributed by atoms with Crippen molar-refractivity contribution >= 4 is 23.5 Å². The minimum Gasteiger partial charge on any atom is -0.459 e. The quantitative estimate of drug-likeness (QED) is 0.455. The molecular weight excluding hydrogens is 406 g/mol. The largest absolute Gasteiger partial charge is 0.459 e. The van der Waals surface area contributed by atoms with Gasteiger partial charge in [-0.1, -0.05) is 12.1 Å². The van der Waals surface area contributed by atoms with Crippen LogP contribution in [0.3, 0.4) is 0 Å². The third-order valence-electron chi connectivity index (χ3n) is 5.09. The molecule has 0 spiro atoms. The highest BCUT2D eigenvalue weighted by Crippen LogP contribution is 2.14. The number of amides is 1. The van der Waals surface area contributed by atoms with Gasteiger partial charge in [0.05, 0.1) is 12.8 Å². The predicted octanol–water partition coefficient (Wildman–Crippen LogP) is 2.61. The second kappa shape index (κ2) is 10.4. The van der Waals surface area contributed by atoms with Crippen LogP contribution in [0.25, 0.3) is 0 Å². The monoisotopic (exact) mass is 433 g/mol. The van der Waals surface area contributed by atoms with Crippen LogP contribution < -0.4 is 15.5 Å². The van der Waals surface area contributed by atoms with Crippen molar-refractivity contribution in [3.05, 3.63) is 72.4 Å². The lowest BCUT2D eigenvalue weighted by atomic mass is 10.2. The summed E-state index contributed by atoms with van der Waals surface area (Å²) in [5.74, 6) is 1.65. The molecule has 2 N–H and O–H groups in total. The number of hydrogen-bond donors (Lipinski definition) is 2. The van der Waals surface area contributed by atoms with Gasteiger partial charge in [0.25, 0.3) is 5.91 Å². The molecule has 1 fully saturated rings. The van der Waals surface area contributed by atoms with Crippen LogP contribution in [0.1, 0.15) is 23.0 Å². The minimum absolute atomic E-state index is 0.274. The zero-order valence-electron chi connectivity index (χ0n) is 18.1. The van der Waals surface area contributed by atoms with Gasteiger partial charge < -0.3 is 24.9 Å². The van der Waals surface area contributed by atoms with Crippen molar-refractivity contribution in [3.63, 3.8) is 0 Å². The first-order valence-electron chi connectivity index (χ1n) is 10.7. The van der Waals surface area contributed by atoms with E-state index in [1.807, 2.05) is 30.3 Å². The molecule has 1 aliphatic rings. The fourth-order valence-electron chi connectivity index (χ4n) is 3.51. The summed E-state index contributed by atoms with van der Waals surface area (Å²) in [6.45, 7) is 6.71. The van der Waals surface area contributed by atoms with Gasteiger partial charge in [-0.05, 0) is 42.8 Å². The molecular formula is C23H27N7O2. The lowest BCUT2D eigenvalue weighted by Gasteiger charge is -2.36. The molecule has 3 heterocycles. The van der Waals surface area contributed by atoms with E-state index >= 15 is 0 Å². The Morgan fingerprint density at radius 3 is 2.62 bits per heavy atom. The van der Waals surface area contributed by atoms with E-state index in [4.69, 9.17) is 9.41 Å². The molecule has 0 saturated carbocycles. The van der Waals surface area contributed by atoms with Gasteiger partial charge in [0.1, 0.15) is 0 Å². The number of nitrogens with zero attached hydrogens (tertiary/aromatic N) is 5. The number of carbonyl (C=O) groups is 1. The Balaban J connectivity index is 1.38. The maximum atomic E-state index is 12.2. The molecule has 9 nitrogen and oxygen atoms in total. The van der Waals surface area contributed by atoms with Crippen molar-refractivity contribution in [2.24, 2.45) is 4.99 Å². The van der Waals surface area contributed by atoms with Crippen molar-refractivity contribution in [1.82, 2.24) is 20.2 Å². The second-order valence-corrected chi connectivity index (χ2v) is 7.32. The highest BCUT2D eigenvalue weighted by atomic mass is 16.3. The first kappa shape index (κ1) is 21.4. The first-order chi connectivity index (χ1) is 15.7. The van der Waals surface area contributed by atoms with Crippen LogP contribution in [-0.4, -0.2) is 59.5 Å². The number of nitrogens with one attached hydrogen (secondary N) is 2. The number of guanidine groups is 1. The summed E-state index contributed by atoms with van der Waals surface area (Å²) in [5, 5.41) is 6.24. The van der Waals surface area contributed by atoms with Gasteiger partial charge in [0, 0.05) is 50.8 Å². The molecule has 0 radical (unpaired) electrons. The van der Waals surface area contributed by atoms with Gasteiger partial charge in [-0.25, -0.2) is 15.0 Å². The maximum absolute atomic E-state index is 12.2. The van der Waals surface area contributed by atoms with Crippen molar-refractivity contribution in [2.45, 2.75) is 13.5 Å². The number of piperazine rings is 1. The smallest absolute Gasteiger partial charge is 0.291 e. The molecule has 0 unspecified atom stereocenters. The van der Waals surface area contributed by atoms with Gasteiger partial charge in [-0.3, -0.25) is 4.79 Å². The normalized spacial score (nSPS) is 14.3. The third kappa shape index (κ3) is 5.42. The molecule has 1 amide bonds. The first-order valence-corrected chi connectivity index (χ1v) is 10.7. The number of carbonyl (C=O) groups excluding carboxylic acids is 1. The number of hydrogen-bond acceptors (Lipinski definition) is 6. The van der Waals surface area contributed by atoms with Gasteiger partial charge in [-0.15, -0.1) is 0 Å². The molecule has 0 atom stereocenters.